The fourth-order valence-corrected chi connectivity index (χ4v) is 2.52. The molecule has 0 saturated carbocycles. The predicted octanol–water partition coefficient (Wildman–Crippen LogP) is 1.87. The van der Waals surface area contributed by atoms with Crippen molar-refractivity contribution in [1.82, 2.24) is 0 Å². The lowest BCUT2D eigenvalue weighted by molar-refractivity contribution is -0.163. The lowest BCUT2D eigenvalue weighted by Gasteiger charge is -2.31. The molecule has 1 aliphatic heterocycles. The third-order valence-corrected chi connectivity index (χ3v) is 3.46. The molecule has 6 heteroatoms. The molecular formula is C15H18O6. The highest BCUT2D eigenvalue weighted by molar-refractivity contribution is 6.04. The largest absolute Gasteiger partial charge is 0.465 e. The van der Waals surface area contributed by atoms with Gasteiger partial charge in [-0.1, -0.05) is 6.07 Å². The van der Waals surface area contributed by atoms with E-state index in [1.54, 1.807) is 6.07 Å². The van der Waals surface area contributed by atoms with Crippen LogP contribution in [0, 0.1) is 0 Å². The third kappa shape index (κ3) is 2.77. The molecule has 21 heavy (non-hydrogen) atoms. The lowest BCUT2D eigenvalue weighted by atomic mass is 9.90. The van der Waals surface area contributed by atoms with Gasteiger partial charge in [0.15, 0.2) is 6.29 Å². The van der Waals surface area contributed by atoms with Gasteiger partial charge in [0.05, 0.1) is 31.5 Å². The molecule has 1 heterocycles. The summed E-state index contributed by atoms with van der Waals surface area (Å²) < 4.78 is 20.5. The number of methoxy groups -OCH3 is 3. The summed E-state index contributed by atoms with van der Waals surface area (Å²) in [5.74, 6) is -1.15. The Labute approximate surface area is 122 Å². The average molecular weight is 294 g/mol. The first-order chi connectivity index (χ1) is 10.0. The minimum Gasteiger partial charge on any atom is -0.465 e. The zero-order valence-corrected chi connectivity index (χ0v) is 12.5. The van der Waals surface area contributed by atoms with Crippen molar-refractivity contribution >= 4 is 11.9 Å². The van der Waals surface area contributed by atoms with Crippen LogP contribution in [0.3, 0.4) is 0 Å². The molecule has 1 aromatic rings. The number of rotatable bonds is 3. The molecule has 0 N–H and O–H groups in total. The molecule has 2 rings (SSSR count). The number of hydrogen-bond acceptors (Lipinski definition) is 6. The molecule has 1 aliphatic rings. The molecule has 2 atom stereocenters. The summed E-state index contributed by atoms with van der Waals surface area (Å²) in [6.07, 6.45) is -0.220. The van der Waals surface area contributed by atoms with Crippen molar-refractivity contribution < 1.29 is 28.5 Å². The van der Waals surface area contributed by atoms with Crippen LogP contribution >= 0.6 is 0 Å². The summed E-state index contributed by atoms with van der Waals surface area (Å²) in [6, 6.07) is 3.25. The maximum atomic E-state index is 12.1. The van der Waals surface area contributed by atoms with Crippen LogP contribution in [-0.4, -0.2) is 39.4 Å². The summed E-state index contributed by atoms with van der Waals surface area (Å²) >= 11 is 0. The van der Waals surface area contributed by atoms with Crippen molar-refractivity contribution in [3.63, 3.8) is 0 Å². The molecule has 0 bridgehead atoms. The van der Waals surface area contributed by atoms with Crippen LogP contribution in [0.15, 0.2) is 12.1 Å². The van der Waals surface area contributed by atoms with Crippen molar-refractivity contribution in [3.05, 3.63) is 34.4 Å². The van der Waals surface area contributed by atoms with Crippen LogP contribution in [0.2, 0.25) is 0 Å². The monoisotopic (exact) mass is 294 g/mol. The van der Waals surface area contributed by atoms with E-state index in [2.05, 4.69) is 0 Å². The van der Waals surface area contributed by atoms with Crippen molar-refractivity contribution in [2.24, 2.45) is 0 Å². The van der Waals surface area contributed by atoms with Crippen LogP contribution in [0.5, 0.6) is 0 Å². The Morgan fingerprint density at radius 1 is 1.14 bits per heavy atom. The summed E-state index contributed by atoms with van der Waals surface area (Å²) in [5.41, 5.74) is 1.84. The first-order valence-corrected chi connectivity index (χ1v) is 6.54. The minimum atomic E-state index is -0.577. The Balaban J connectivity index is 2.66. The number of hydrogen-bond donors (Lipinski definition) is 0. The summed E-state index contributed by atoms with van der Waals surface area (Å²) in [6.45, 7) is 1.88. The Morgan fingerprint density at radius 2 is 1.81 bits per heavy atom. The van der Waals surface area contributed by atoms with Crippen LogP contribution < -0.4 is 0 Å². The van der Waals surface area contributed by atoms with Gasteiger partial charge in [0, 0.05) is 12.7 Å². The standard InChI is InChI=1S/C15H18O6/c1-8-7-11-9(15(20-4)21-8)5-6-10(13(16)18-2)12(11)14(17)19-3/h5-6,8,15H,7H2,1-4H3. The number of benzene rings is 1. The van der Waals surface area contributed by atoms with E-state index in [1.807, 2.05) is 6.92 Å². The molecule has 0 spiro atoms. The number of carbonyl (C=O) groups excluding carboxylic acids is 2. The molecule has 0 radical (unpaired) electrons. The number of carbonyl (C=O) groups is 2. The molecule has 114 valence electrons. The summed E-state index contributed by atoms with van der Waals surface area (Å²) in [7, 11) is 4.07. The van der Waals surface area contributed by atoms with Gasteiger partial charge in [-0.15, -0.1) is 0 Å². The molecule has 0 fully saturated rings. The quantitative estimate of drug-likeness (QED) is 0.792. The Bertz CT molecular complexity index is 566. The maximum absolute atomic E-state index is 12.1. The zero-order chi connectivity index (χ0) is 15.6. The van der Waals surface area contributed by atoms with Crippen LogP contribution in [0.1, 0.15) is 45.1 Å². The zero-order valence-electron chi connectivity index (χ0n) is 12.5. The number of fused-ring (bicyclic) bond motifs is 1. The molecule has 0 amide bonds. The SMILES string of the molecule is COC(=O)c1ccc2c(c1C(=O)OC)CC(C)OC2OC. The van der Waals surface area contributed by atoms with Crippen molar-refractivity contribution in [1.29, 1.82) is 0 Å². The van der Waals surface area contributed by atoms with E-state index in [9.17, 15) is 9.59 Å². The molecular weight excluding hydrogens is 276 g/mol. The van der Waals surface area contributed by atoms with Gasteiger partial charge in [0.25, 0.3) is 0 Å². The van der Waals surface area contributed by atoms with Gasteiger partial charge in [-0.2, -0.15) is 0 Å². The molecule has 0 aliphatic carbocycles. The van der Waals surface area contributed by atoms with E-state index in [0.717, 1.165) is 5.56 Å². The number of esters is 2. The van der Waals surface area contributed by atoms with E-state index in [0.29, 0.717) is 12.0 Å². The van der Waals surface area contributed by atoms with E-state index in [-0.39, 0.29) is 17.2 Å². The predicted molar refractivity (Wildman–Crippen MR) is 73.1 cm³/mol. The maximum Gasteiger partial charge on any atom is 0.339 e. The fraction of sp³-hybridized carbons (Fsp3) is 0.467. The van der Waals surface area contributed by atoms with Gasteiger partial charge in [-0.05, 0) is 25.0 Å². The lowest BCUT2D eigenvalue weighted by Crippen LogP contribution is -2.28. The highest BCUT2D eigenvalue weighted by Crippen LogP contribution is 2.34. The fourth-order valence-electron chi connectivity index (χ4n) is 2.52. The van der Waals surface area contributed by atoms with Gasteiger partial charge in [0.1, 0.15) is 0 Å². The van der Waals surface area contributed by atoms with E-state index < -0.39 is 18.2 Å². The number of ether oxygens (including phenoxy) is 4. The van der Waals surface area contributed by atoms with Crippen LogP contribution in [0.25, 0.3) is 0 Å². The Hall–Kier alpha value is -1.92. The van der Waals surface area contributed by atoms with Gasteiger partial charge in [-0.25, -0.2) is 9.59 Å². The first-order valence-electron chi connectivity index (χ1n) is 6.54. The summed E-state index contributed by atoms with van der Waals surface area (Å²) in [5, 5.41) is 0. The van der Waals surface area contributed by atoms with Crippen molar-refractivity contribution in [2.45, 2.75) is 25.7 Å². The van der Waals surface area contributed by atoms with Crippen molar-refractivity contribution in [3.8, 4) is 0 Å². The topological polar surface area (TPSA) is 71.1 Å². The second-order valence-electron chi connectivity index (χ2n) is 4.76. The van der Waals surface area contributed by atoms with E-state index >= 15 is 0 Å². The first kappa shape index (κ1) is 15.5. The van der Waals surface area contributed by atoms with Crippen molar-refractivity contribution in [2.75, 3.05) is 21.3 Å². The normalized spacial score (nSPS) is 20.6. The molecule has 0 aromatic heterocycles. The Morgan fingerprint density at radius 3 is 2.38 bits per heavy atom. The second-order valence-corrected chi connectivity index (χ2v) is 4.76. The third-order valence-electron chi connectivity index (χ3n) is 3.46. The summed E-state index contributed by atoms with van der Waals surface area (Å²) in [4.78, 5) is 24.0. The van der Waals surface area contributed by atoms with Gasteiger partial charge >= 0.3 is 11.9 Å². The highest BCUT2D eigenvalue weighted by atomic mass is 16.7. The molecule has 0 saturated heterocycles. The second kappa shape index (κ2) is 6.24. The minimum absolute atomic E-state index is 0.140. The van der Waals surface area contributed by atoms with E-state index in [4.69, 9.17) is 18.9 Å². The Kier molecular flexibility index (Phi) is 4.59. The molecule has 2 unspecified atom stereocenters. The molecule has 1 aromatic carbocycles. The van der Waals surface area contributed by atoms with Crippen LogP contribution in [0.4, 0.5) is 0 Å². The van der Waals surface area contributed by atoms with Gasteiger partial charge in [-0.3, -0.25) is 0 Å². The average Bonchev–Trinajstić information content (AvgIpc) is 2.51. The molecule has 6 nitrogen and oxygen atoms in total. The van der Waals surface area contributed by atoms with Gasteiger partial charge < -0.3 is 18.9 Å². The van der Waals surface area contributed by atoms with Crippen LogP contribution in [-0.2, 0) is 25.4 Å². The van der Waals surface area contributed by atoms with Gasteiger partial charge in [0.2, 0.25) is 0 Å². The smallest absolute Gasteiger partial charge is 0.339 e. The van der Waals surface area contributed by atoms with E-state index in [1.165, 1.54) is 27.4 Å². The highest BCUT2D eigenvalue weighted by Gasteiger charge is 2.32.